The van der Waals surface area contributed by atoms with Gasteiger partial charge in [-0.25, -0.2) is 13.4 Å². The first kappa shape index (κ1) is 20.5. The minimum absolute atomic E-state index is 0.208. The van der Waals surface area contributed by atoms with Crippen LogP contribution < -0.4 is 10.1 Å². The Hall–Kier alpha value is -2.74. The summed E-state index contributed by atoms with van der Waals surface area (Å²) in [6.45, 7) is 1.69. The second kappa shape index (κ2) is 7.83. The van der Waals surface area contributed by atoms with Crippen molar-refractivity contribution in [1.29, 1.82) is 0 Å². The lowest BCUT2D eigenvalue weighted by Gasteiger charge is -2.34. The normalized spacial score (nSPS) is 18.7. The average Bonchev–Trinajstić information content (AvgIpc) is 3.47. The van der Waals surface area contributed by atoms with Crippen LogP contribution in [0.4, 0.5) is 0 Å². The van der Waals surface area contributed by atoms with Gasteiger partial charge in [0.2, 0.25) is 5.88 Å². The van der Waals surface area contributed by atoms with Gasteiger partial charge in [0.1, 0.15) is 17.1 Å². The predicted molar refractivity (Wildman–Crippen MR) is 113 cm³/mol. The third-order valence-electron chi connectivity index (χ3n) is 5.63. The molecule has 1 atom stereocenters. The summed E-state index contributed by atoms with van der Waals surface area (Å²) in [6.07, 6.45) is 8.78. The van der Waals surface area contributed by atoms with Crippen LogP contribution in [0.1, 0.15) is 54.7 Å². The molecule has 1 aromatic carbocycles. The first-order chi connectivity index (χ1) is 14.2. The minimum atomic E-state index is -3.27. The highest BCUT2D eigenvalue weighted by Gasteiger charge is 2.54. The van der Waals surface area contributed by atoms with E-state index in [1.54, 1.807) is 19.1 Å². The van der Waals surface area contributed by atoms with Gasteiger partial charge in [-0.05, 0) is 50.2 Å². The van der Waals surface area contributed by atoms with Gasteiger partial charge in [0.15, 0.2) is 9.84 Å². The number of hydrogen-bond acceptors (Lipinski definition) is 6. The highest BCUT2D eigenvalue weighted by atomic mass is 32.2. The zero-order chi connectivity index (χ0) is 21.4. The van der Waals surface area contributed by atoms with Crippen LogP contribution in [0.25, 0.3) is 0 Å². The van der Waals surface area contributed by atoms with Gasteiger partial charge in [0.25, 0.3) is 5.91 Å². The van der Waals surface area contributed by atoms with Crippen LogP contribution in [0.3, 0.4) is 0 Å². The van der Waals surface area contributed by atoms with Crippen molar-refractivity contribution in [2.75, 3.05) is 6.26 Å². The Kier molecular flexibility index (Phi) is 5.36. The van der Waals surface area contributed by atoms with Gasteiger partial charge in [0, 0.05) is 29.8 Å². The van der Waals surface area contributed by atoms with Crippen molar-refractivity contribution in [2.24, 2.45) is 5.41 Å². The molecule has 1 unspecified atom stereocenters. The second-order valence-corrected chi connectivity index (χ2v) is 10.3. The molecule has 7 nitrogen and oxygen atoms in total. The number of hydrogen-bond donors (Lipinski definition) is 1. The molecule has 1 heterocycles. The third-order valence-corrected chi connectivity index (χ3v) is 6.28. The molecule has 2 aromatic rings. The van der Waals surface area contributed by atoms with Crippen molar-refractivity contribution >= 4 is 15.7 Å². The van der Waals surface area contributed by atoms with Gasteiger partial charge in [-0.15, -0.1) is 0 Å². The Morgan fingerprint density at radius 3 is 2.60 bits per heavy atom. The largest absolute Gasteiger partial charge is 0.438 e. The Balaban J connectivity index is 1.55. The third kappa shape index (κ3) is 4.87. The molecule has 2 saturated carbocycles. The standard InChI is InChI=1S/C22H25N3O4S/c1-15(8-11-30(2,27)28)24-20(26)18-14-23-19(16-12-22(13-16)9-10-22)25-21(18)29-17-6-4-3-5-7-17/h3-8,11,14-16H,9-10,12-13H2,1-2H3,(H,24,26)/b11-8+. The molecular weight excluding hydrogens is 402 g/mol. The van der Waals surface area contributed by atoms with Crippen molar-refractivity contribution in [1.82, 2.24) is 15.3 Å². The monoisotopic (exact) mass is 427 g/mol. The number of aromatic nitrogens is 2. The van der Waals surface area contributed by atoms with Gasteiger partial charge >= 0.3 is 0 Å². The summed E-state index contributed by atoms with van der Waals surface area (Å²) in [5, 5.41) is 3.82. The Labute approximate surface area is 176 Å². The van der Waals surface area contributed by atoms with Crippen molar-refractivity contribution in [2.45, 2.75) is 44.6 Å². The van der Waals surface area contributed by atoms with Crippen molar-refractivity contribution in [3.8, 4) is 11.6 Å². The fourth-order valence-corrected chi connectivity index (χ4v) is 4.28. The number of para-hydroxylation sites is 1. The number of sulfone groups is 1. The minimum Gasteiger partial charge on any atom is -0.438 e. The number of carbonyl (C=O) groups is 1. The van der Waals surface area contributed by atoms with Crippen LogP contribution in [-0.2, 0) is 9.84 Å². The lowest BCUT2D eigenvalue weighted by atomic mass is 9.71. The van der Waals surface area contributed by atoms with E-state index < -0.39 is 21.8 Å². The maximum atomic E-state index is 12.8. The zero-order valence-corrected chi connectivity index (χ0v) is 17.9. The van der Waals surface area contributed by atoms with Crippen LogP contribution in [0.15, 0.2) is 48.0 Å². The van der Waals surface area contributed by atoms with E-state index in [0.717, 1.165) is 24.5 Å². The Morgan fingerprint density at radius 1 is 1.27 bits per heavy atom. The highest BCUT2D eigenvalue weighted by molar-refractivity contribution is 7.93. The molecule has 1 amide bonds. The van der Waals surface area contributed by atoms with E-state index in [4.69, 9.17) is 4.74 Å². The molecule has 1 N–H and O–H groups in total. The van der Waals surface area contributed by atoms with Gasteiger partial charge in [0.05, 0.1) is 0 Å². The molecule has 8 heteroatoms. The quantitative estimate of drug-likeness (QED) is 0.725. The molecule has 0 saturated heterocycles. The number of carbonyl (C=O) groups excluding carboxylic acids is 1. The fourth-order valence-electron chi connectivity index (χ4n) is 3.76. The van der Waals surface area contributed by atoms with E-state index in [2.05, 4.69) is 15.3 Å². The van der Waals surface area contributed by atoms with Crippen LogP contribution >= 0.6 is 0 Å². The molecule has 0 bridgehead atoms. The number of benzene rings is 1. The summed E-state index contributed by atoms with van der Waals surface area (Å²) in [5.41, 5.74) is 0.731. The zero-order valence-electron chi connectivity index (χ0n) is 17.0. The summed E-state index contributed by atoms with van der Waals surface area (Å²) in [7, 11) is -3.27. The molecule has 4 rings (SSSR count). The maximum absolute atomic E-state index is 12.8. The lowest BCUT2D eigenvalue weighted by Crippen LogP contribution is -2.32. The summed E-state index contributed by atoms with van der Waals surface area (Å²) >= 11 is 0. The lowest BCUT2D eigenvalue weighted by molar-refractivity contribution is 0.0943. The molecule has 0 radical (unpaired) electrons. The first-order valence-corrected chi connectivity index (χ1v) is 12.0. The van der Waals surface area contributed by atoms with Gasteiger partial charge < -0.3 is 10.1 Å². The number of rotatable bonds is 7. The van der Waals surface area contributed by atoms with E-state index in [-0.39, 0.29) is 11.4 Å². The maximum Gasteiger partial charge on any atom is 0.258 e. The summed E-state index contributed by atoms with van der Waals surface area (Å²) < 4.78 is 28.5. The molecule has 1 aromatic heterocycles. The van der Waals surface area contributed by atoms with Crippen molar-refractivity contribution < 1.29 is 17.9 Å². The van der Waals surface area contributed by atoms with Crippen LogP contribution in [0.5, 0.6) is 11.6 Å². The second-order valence-electron chi connectivity index (χ2n) is 8.39. The van der Waals surface area contributed by atoms with Crippen molar-refractivity contribution in [3.05, 3.63) is 59.4 Å². The summed E-state index contributed by atoms with van der Waals surface area (Å²) in [6, 6.07) is 8.67. The Morgan fingerprint density at radius 2 is 1.97 bits per heavy atom. The molecule has 2 fully saturated rings. The molecule has 30 heavy (non-hydrogen) atoms. The summed E-state index contributed by atoms with van der Waals surface area (Å²) in [5.74, 6) is 1.37. The molecule has 158 valence electrons. The Bertz CT molecular complexity index is 1070. The summed E-state index contributed by atoms with van der Waals surface area (Å²) in [4.78, 5) is 21.8. The smallest absolute Gasteiger partial charge is 0.258 e. The number of ether oxygens (including phenoxy) is 1. The number of amides is 1. The van der Waals surface area contributed by atoms with Crippen LogP contribution in [0.2, 0.25) is 0 Å². The van der Waals surface area contributed by atoms with E-state index in [9.17, 15) is 13.2 Å². The average molecular weight is 428 g/mol. The van der Waals surface area contributed by atoms with Crippen LogP contribution in [0, 0.1) is 5.41 Å². The molecular formula is C22H25N3O4S. The first-order valence-electron chi connectivity index (χ1n) is 10.0. The highest BCUT2D eigenvalue weighted by Crippen LogP contribution is 2.65. The van der Waals surface area contributed by atoms with E-state index in [0.29, 0.717) is 22.9 Å². The molecule has 2 aliphatic carbocycles. The van der Waals surface area contributed by atoms with Crippen molar-refractivity contribution in [3.63, 3.8) is 0 Å². The van der Waals surface area contributed by atoms with Gasteiger partial charge in [-0.2, -0.15) is 4.98 Å². The van der Waals surface area contributed by atoms with Gasteiger partial charge in [-0.1, -0.05) is 24.3 Å². The van der Waals surface area contributed by atoms with Crippen LogP contribution in [-0.4, -0.2) is 36.6 Å². The van der Waals surface area contributed by atoms with E-state index >= 15 is 0 Å². The fraction of sp³-hybridized carbons (Fsp3) is 0.409. The van der Waals surface area contributed by atoms with Gasteiger partial charge in [-0.3, -0.25) is 4.79 Å². The molecule has 2 aliphatic rings. The number of nitrogens with zero attached hydrogens (tertiary/aromatic N) is 2. The van der Waals surface area contributed by atoms with E-state index in [1.807, 2.05) is 18.2 Å². The molecule has 0 aliphatic heterocycles. The number of nitrogens with one attached hydrogen (secondary N) is 1. The topological polar surface area (TPSA) is 98.2 Å². The molecule has 1 spiro atoms. The van der Waals surface area contributed by atoms with E-state index in [1.165, 1.54) is 25.1 Å². The SMILES string of the molecule is CC(/C=C/S(C)(=O)=O)NC(=O)c1cnc(C2CC3(CC3)C2)nc1Oc1ccccc1. The predicted octanol–water partition coefficient (Wildman–Crippen LogP) is 3.60.